The van der Waals surface area contributed by atoms with Crippen molar-refractivity contribution < 1.29 is 5.76 Å². The molecule has 0 fully saturated rings. The van der Waals surface area contributed by atoms with Gasteiger partial charge in [-0.15, -0.1) is 0 Å². The topological polar surface area (TPSA) is 15.8 Å². The molecule has 0 atom stereocenters. The number of halogens is 1. The maximum atomic E-state index is 13.1. The van der Waals surface area contributed by atoms with Gasteiger partial charge in [0.15, 0.2) is 0 Å². The average Bonchev–Trinajstić information content (AvgIpc) is 2.48. The predicted molar refractivity (Wildman–Crippen MR) is 43.0 cm³/mol. The standard InChI is InChI=1S/C9H8FN/c1-6-7-4-5-11-9(7)3-2-8(6)10/h2-5,11H,1H3/i3D. The summed E-state index contributed by atoms with van der Waals surface area (Å²) in [6, 6.07) is 3.22. The van der Waals surface area contributed by atoms with Gasteiger partial charge in [0.1, 0.15) is 5.82 Å². The summed E-state index contributed by atoms with van der Waals surface area (Å²) < 4.78 is 20.5. The Morgan fingerprint density at radius 1 is 1.55 bits per heavy atom. The number of aryl methyl sites for hydroxylation is 1. The number of nitrogens with one attached hydrogen (secondary N) is 1. The number of H-pyrrole nitrogens is 1. The molecule has 2 aromatic rings. The third kappa shape index (κ3) is 0.827. The quantitative estimate of drug-likeness (QED) is 0.594. The zero-order chi connectivity index (χ0) is 8.72. The van der Waals surface area contributed by atoms with Crippen LogP contribution in [-0.2, 0) is 0 Å². The molecule has 0 aliphatic heterocycles. The highest BCUT2D eigenvalue weighted by atomic mass is 19.1. The lowest BCUT2D eigenvalue weighted by Gasteiger charge is -1.96. The largest absolute Gasteiger partial charge is 0.361 e. The van der Waals surface area contributed by atoms with Crippen LogP contribution >= 0.6 is 0 Å². The first-order valence-corrected chi connectivity index (χ1v) is 3.43. The number of benzene rings is 1. The lowest BCUT2D eigenvalue weighted by atomic mass is 10.1. The Morgan fingerprint density at radius 3 is 3.18 bits per heavy atom. The van der Waals surface area contributed by atoms with E-state index in [0.717, 1.165) is 5.39 Å². The summed E-state index contributed by atoms with van der Waals surface area (Å²) in [5.74, 6) is -0.313. The third-order valence-electron chi connectivity index (χ3n) is 1.85. The number of aromatic amines is 1. The minimum Gasteiger partial charge on any atom is -0.361 e. The highest BCUT2D eigenvalue weighted by Crippen LogP contribution is 2.18. The van der Waals surface area contributed by atoms with E-state index in [4.69, 9.17) is 1.37 Å². The van der Waals surface area contributed by atoms with Crippen molar-refractivity contribution in [2.45, 2.75) is 6.92 Å². The van der Waals surface area contributed by atoms with Gasteiger partial charge in [-0.2, -0.15) is 0 Å². The van der Waals surface area contributed by atoms with Gasteiger partial charge in [-0.1, -0.05) is 0 Å². The molecule has 1 aromatic carbocycles. The normalized spacial score (nSPS) is 12.0. The monoisotopic (exact) mass is 150 g/mol. The first kappa shape index (κ1) is 5.35. The van der Waals surface area contributed by atoms with E-state index in [-0.39, 0.29) is 11.9 Å². The highest BCUT2D eigenvalue weighted by Gasteiger charge is 2.01. The summed E-state index contributed by atoms with van der Waals surface area (Å²) >= 11 is 0. The number of hydrogen-bond acceptors (Lipinski definition) is 0. The van der Waals surface area contributed by atoms with Crippen LogP contribution in [0.5, 0.6) is 0 Å². The van der Waals surface area contributed by atoms with Crippen LogP contribution in [0.25, 0.3) is 10.9 Å². The SMILES string of the molecule is [2H]c1cc(F)c(C)c2cc[nH]c12. The van der Waals surface area contributed by atoms with Crippen LogP contribution in [-0.4, -0.2) is 4.98 Å². The van der Waals surface area contributed by atoms with Crippen molar-refractivity contribution in [2.24, 2.45) is 0 Å². The smallest absolute Gasteiger partial charge is 0.126 e. The molecule has 0 saturated heterocycles. The van der Waals surface area contributed by atoms with E-state index in [0.29, 0.717) is 11.1 Å². The van der Waals surface area contributed by atoms with E-state index in [1.54, 1.807) is 19.2 Å². The molecule has 0 unspecified atom stereocenters. The van der Waals surface area contributed by atoms with E-state index < -0.39 is 0 Å². The van der Waals surface area contributed by atoms with Gasteiger partial charge in [-0.25, -0.2) is 4.39 Å². The Kier molecular flexibility index (Phi) is 1.02. The van der Waals surface area contributed by atoms with Crippen LogP contribution in [0.1, 0.15) is 6.93 Å². The van der Waals surface area contributed by atoms with E-state index in [1.807, 2.05) is 0 Å². The minimum absolute atomic E-state index is 0.207. The fourth-order valence-corrected chi connectivity index (χ4v) is 1.17. The van der Waals surface area contributed by atoms with Gasteiger partial charge < -0.3 is 4.98 Å². The lowest BCUT2D eigenvalue weighted by Crippen LogP contribution is -1.81. The molecular formula is C9H8FN. The van der Waals surface area contributed by atoms with Gasteiger partial charge in [0.25, 0.3) is 0 Å². The summed E-state index contributed by atoms with van der Waals surface area (Å²) in [6.45, 7) is 1.71. The summed E-state index contributed by atoms with van der Waals surface area (Å²) in [4.78, 5) is 2.90. The van der Waals surface area contributed by atoms with Gasteiger partial charge in [-0.3, -0.25) is 0 Å². The van der Waals surface area contributed by atoms with Crippen molar-refractivity contribution in [3.63, 3.8) is 0 Å². The lowest BCUT2D eigenvalue weighted by molar-refractivity contribution is 0.621. The van der Waals surface area contributed by atoms with Gasteiger partial charge >= 0.3 is 0 Å². The Morgan fingerprint density at radius 2 is 2.36 bits per heavy atom. The molecule has 0 aliphatic rings. The summed E-state index contributed by atoms with van der Waals surface area (Å²) in [7, 11) is 0. The van der Waals surface area contributed by atoms with Gasteiger partial charge in [0.05, 0.1) is 1.37 Å². The Bertz CT molecular complexity index is 433. The molecule has 2 heteroatoms. The Labute approximate surface area is 65.3 Å². The average molecular weight is 150 g/mol. The van der Waals surface area contributed by atoms with Crippen molar-refractivity contribution in [3.05, 3.63) is 35.8 Å². The fraction of sp³-hybridized carbons (Fsp3) is 0.111. The molecule has 0 spiro atoms. The van der Waals surface area contributed by atoms with E-state index in [2.05, 4.69) is 4.98 Å². The van der Waals surface area contributed by atoms with Crippen LogP contribution in [0.3, 0.4) is 0 Å². The van der Waals surface area contributed by atoms with E-state index in [9.17, 15) is 4.39 Å². The molecule has 0 amide bonds. The van der Waals surface area contributed by atoms with Crippen LogP contribution in [0, 0.1) is 12.7 Å². The zero-order valence-corrected chi connectivity index (χ0v) is 6.11. The number of aromatic nitrogens is 1. The van der Waals surface area contributed by atoms with Crippen LogP contribution in [0.4, 0.5) is 4.39 Å². The second kappa shape index (κ2) is 2.09. The summed E-state index contributed by atoms with van der Waals surface area (Å²) in [5, 5.41) is 0.792. The van der Waals surface area contributed by atoms with Crippen molar-refractivity contribution in [1.82, 2.24) is 4.98 Å². The Hall–Kier alpha value is -1.31. The second-order valence-electron chi connectivity index (χ2n) is 2.53. The fourth-order valence-electron chi connectivity index (χ4n) is 1.17. The molecule has 11 heavy (non-hydrogen) atoms. The summed E-state index contributed by atoms with van der Waals surface area (Å²) in [5.41, 5.74) is 1.30. The molecule has 0 aliphatic carbocycles. The predicted octanol–water partition coefficient (Wildman–Crippen LogP) is 2.62. The molecule has 1 aromatic heterocycles. The van der Waals surface area contributed by atoms with Crippen molar-refractivity contribution in [3.8, 4) is 0 Å². The maximum absolute atomic E-state index is 13.1. The number of rotatable bonds is 0. The van der Waals surface area contributed by atoms with Crippen LogP contribution in [0.2, 0.25) is 0 Å². The summed E-state index contributed by atoms with van der Waals surface area (Å²) in [6.07, 6.45) is 1.72. The van der Waals surface area contributed by atoms with Crippen LogP contribution < -0.4 is 0 Å². The molecule has 2 rings (SSSR count). The van der Waals surface area contributed by atoms with Gasteiger partial charge in [-0.05, 0) is 30.7 Å². The van der Waals surface area contributed by atoms with E-state index >= 15 is 0 Å². The maximum Gasteiger partial charge on any atom is 0.126 e. The molecule has 0 saturated carbocycles. The molecule has 56 valence electrons. The first-order chi connectivity index (χ1) is 5.70. The second-order valence-corrected chi connectivity index (χ2v) is 2.53. The van der Waals surface area contributed by atoms with Crippen molar-refractivity contribution >= 4 is 10.9 Å². The Balaban J connectivity index is 2.97. The molecule has 0 bridgehead atoms. The molecule has 1 nitrogen and oxygen atoms in total. The number of fused-ring (bicyclic) bond motifs is 1. The first-order valence-electron chi connectivity index (χ1n) is 3.93. The van der Waals surface area contributed by atoms with Crippen molar-refractivity contribution in [1.29, 1.82) is 0 Å². The minimum atomic E-state index is -0.313. The molecular weight excluding hydrogens is 141 g/mol. The van der Waals surface area contributed by atoms with Gasteiger partial charge in [0.2, 0.25) is 0 Å². The molecule has 0 radical (unpaired) electrons. The zero-order valence-electron chi connectivity index (χ0n) is 7.11. The third-order valence-corrected chi connectivity index (χ3v) is 1.85. The highest BCUT2D eigenvalue weighted by molar-refractivity contribution is 5.82. The van der Waals surface area contributed by atoms with Crippen molar-refractivity contribution in [2.75, 3.05) is 0 Å². The van der Waals surface area contributed by atoms with E-state index in [1.165, 1.54) is 6.07 Å². The molecule has 1 N–H and O–H groups in total. The van der Waals surface area contributed by atoms with Gasteiger partial charge in [0, 0.05) is 17.1 Å². The number of hydrogen-bond donors (Lipinski definition) is 1. The van der Waals surface area contributed by atoms with Crippen LogP contribution in [0.15, 0.2) is 24.4 Å². The molecule has 1 heterocycles.